The Hall–Kier alpha value is -2.09. The van der Waals surface area contributed by atoms with Gasteiger partial charge in [0.15, 0.2) is 5.78 Å². The van der Waals surface area contributed by atoms with Crippen LogP contribution in [0.4, 0.5) is 5.69 Å². The van der Waals surface area contributed by atoms with Crippen LogP contribution in [0.25, 0.3) is 0 Å². The first kappa shape index (κ1) is 13.9. The van der Waals surface area contributed by atoms with E-state index in [2.05, 4.69) is 31.3 Å². The summed E-state index contributed by atoms with van der Waals surface area (Å²) in [5.41, 5.74) is 7.44. The quantitative estimate of drug-likeness (QED) is 0.835. The number of nitrogens with one attached hydrogen (secondary N) is 1. The van der Waals surface area contributed by atoms with E-state index in [1.165, 1.54) is 16.7 Å². The van der Waals surface area contributed by atoms with Crippen LogP contribution >= 0.6 is 0 Å². The molecule has 2 aromatic rings. The van der Waals surface area contributed by atoms with Crippen molar-refractivity contribution in [2.45, 2.75) is 33.6 Å². The van der Waals surface area contributed by atoms with E-state index < -0.39 is 0 Å². The first-order chi connectivity index (χ1) is 10.1. The Labute approximate surface area is 126 Å². The lowest BCUT2D eigenvalue weighted by Gasteiger charge is -2.21. The van der Waals surface area contributed by atoms with Crippen molar-refractivity contribution in [3.8, 4) is 0 Å². The fourth-order valence-corrected chi connectivity index (χ4v) is 3.07. The van der Waals surface area contributed by atoms with Gasteiger partial charge in [-0.25, -0.2) is 0 Å². The van der Waals surface area contributed by atoms with Crippen LogP contribution in [0.1, 0.15) is 44.6 Å². The highest BCUT2D eigenvalue weighted by Crippen LogP contribution is 2.28. The molecule has 0 atom stereocenters. The highest BCUT2D eigenvalue weighted by Gasteiger charge is 2.20. The van der Waals surface area contributed by atoms with Gasteiger partial charge in [-0.3, -0.25) is 4.79 Å². The number of anilines is 1. The standard InChI is InChI=1S/C19H21NO/c1-12-10-14(3)17(11-13(12)2)19(21)16-6-4-8-18-15(16)7-5-9-20-18/h4,6,8,10-11,20H,5,7,9H2,1-3H3. The molecule has 0 saturated heterocycles. The van der Waals surface area contributed by atoms with Crippen molar-refractivity contribution < 1.29 is 4.79 Å². The van der Waals surface area contributed by atoms with Crippen LogP contribution in [0.3, 0.4) is 0 Å². The number of aryl methyl sites for hydroxylation is 3. The molecular formula is C19H21NO. The van der Waals surface area contributed by atoms with Crippen molar-refractivity contribution in [1.82, 2.24) is 0 Å². The van der Waals surface area contributed by atoms with E-state index in [0.717, 1.165) is 41.8 Å². The number of benzene rings is 2. The number of hydrogen-bond donors (Lipinski definition) is 1. The lowest BCUT2D eigenvalue weighted by Crippen LogP contribution is -2.16. The van der Waals surface area contributed by atoms with Gasteiger partial charge in [-0.2, -0.15) is 0 Å². The smallest absolute Gasteiger partial charge is 0.193 e. The van der Waals surface area contributed by atoms with Gasteiger partial charge >= 0.3 is 0 Å². The molecule has 21 heavy (non-hydrogen) atoms. The van der Waals surface area contributed by atoms with Gasteiger partial charge in [0.2, 0.25) is 0 Å². The second kappa shape index (κ2) is 5.36. The molecule has 2 nitrogen and oxygen atoms in total. The maximum Gasteiger partial charge on any atom is 0.193 e. The molecule has 1 N–H and O–H groups in total. The van der Waals surface area contributed by atoms with Crippen molar-refractivity contribution in [3.05, 3.63) is 63.7 Å². The Morgan fingerprint density at radius 2 is 1.76 bits per heavy atom. The molecule has 3 rings (SSSR count). The third-order valence-electron chi connectivity index (χ3n) is 4.42. The van der Waals surface area contributed by atoms with Crippen molar-refractivity contribution in [2.75, 3.05) is 11.9 Å². The first-order valence-electron chi connectivity index (χ1n) is 7.56. The van der Waals surface area contributed by atoms with E-state index >= 15 is 0 Å². The van der Waals surface area contributed by atoms with Crippen LogP contribution in [0, 0.1) is 20.8 Å². The average Bonchev–Trinajstić information content (AvgIpc) is 2.49. The number of hydrogen-bond acceptors (Lipinski definition) is 2. The van der Waals surface area contributed by atoms with Gasteiger partial charge in [0.05, 0.1) is 0 Å². The van der Waals surface area contributed by atoms with Gasteiger partial charge in [-0.1, -0.05) is 18.2 Å². The summed E-state index contributed by atoms with van der Waals surface area (Å²) in [5, 5.41) is 3.39. The Balaban J connectivity index is 2.09. The molecule has 0 amide bonds. The zero-order valence-corrected chi connectivity index (χ0v) is 12.9. The summed E-state index contributed by atoms with van der Waals surface area (Å²) in [6, 6.07) is 10.1. The molecule has 1 heterocycles. The van der Waals surface area contributed by atoms with E-state index in [9.17, 15) is 4.79 Å². The minimum absolute atomic E-state index is 0.149. The van der Waals surface area contributed by atoms with E-state index in [1.807, 2.05) is 25.1 Å². The van der Waals surface area contributed by atoms with Crippen molar-refractivity contribution >= 4 is 11.5 Å². The number of fused-ring (bicyclic) bond motifs is 1. The molecule has 0 aliphatic carbocycles. The molecule has 0 saturated carbocycles. The van der Waals surface area contributed by atoms with Gasteiger partial charge in [0.1, 0.15) is 0 Å². The maximum atomic E-state index is 13.0. The Morgan fingerprint density at radius 1 is 1.00 bits per heavy atom. The molecule has 0 spiro atoms. The highest BCUT2D eigenvalue weighted by molar-refractivity contribution is 6.11. The largest absolute Gasteiger partial charge is 0.385 e. The van der Waals surface area contributed by atoms with Gasteiger partial charge in [0, 0.05) is 23.4 Å². The van der Waals surface area contributed by atoms with Crippen LogP contribution in [0.15, 0.2) is 30.3 Å². The summed E-state index contributed by atoms with van der Waals surface area (Å²) in [4.78, 5) is 13.0. The topological polar surface area (TPSA) is 29.1 Å². The third-order valence-corrected chi connectivity index (χ3v) is 4.42. The maximum absolute atomic E-state index is 13.0. The normalized spacial score (nSPS) is 13.5. The summed E-state index contributed by atoms with van der Waals surface area (Å²) in [6.45, 7) is 7.17. The lowest BCUT2D eigenvalue weighted by molar-refractivity contribution is 0.103. The second-order valence-electron chi connectivity index (χ2n) is 5.94. The summed E-state index contributed by atoms with van der Waals surface area (Å²) in [6.07, 6.45) is 2.07. The monoisotopic (exact) mass is 279 g/mol. The molecule has 0 aromatic heterocycles. The number of carbonyl (C=O) groups is 1. The lowest BCUT2D eigenvalue weighted by atomic mass is 9.89. The molecule has 2 aromatic carbocycles. The zero-order chi connectivity index (χ0) is 15.0. The van der Waals surface area contributed by atoms with Gasteiger partial charge < -0.3 is 5.32 Å². The fourth-order valence-electron chi connectivity index (χ4n) is 3.07. The third kappa shape index (κ3) is 2.46. The fraction of sp³-hybridized carbons (Fsp3) is 0.316. The molecular weight excluding hydrogens is 258 g/mol. The number of ketones is 1. The summed E-state index contributed by atoms with van der Waals surface area (Å²) in [7, 11) is 0. The Bertz CT molecular complexity index is 716. The van der Waals surface area contributed by atoms with Crippen LogP contribution in [0.5, 0.6) is 0 Å². The van der Waals surface area contributed by atoms with E-state index in [-0.39, 0.29) is 5.78 Å². The Kier molecular flexibility index (Phi) is 3.54. The van der Waals surface area contributed by atoms with Gasteiger partial charge in [-0.15, -0.1) is 0 Å². The molecule has 0 unspecified atom stereocenters. The van der Waals surface area contributed by atoms with Crippen LogP contribution in [-0.4, -0.2) is 12.3 Å². The predicted octanol–water partition coefficient (Wildman–Crippen LogP) is 4.20. The summed E-state index contributed by atoms with van der Waals surface area (Å²) in [5.74, 6) is 0.149. The minimum Gasteiger partial charge on any atom is -0.385 e. The molecule has 2 heteroatoms. The highest BCUT2D eigenvalue weighted by atomic mass is 16.1. The van der Waals surface area contributed by atoms with Crippen LogP contribution in [-0.2, 0) is 6.42 Å². The van der Waals surface area contributed by atoms with Crippen molar-refractivity contribution in [2.24, 2.45) is 0 Å². The second-order valence-corrected chi connectivity index (χ2v) is 5.94. The molecule has 0 fully saturated rings. The molecule has 0 radical (unpaired) electrons. The van der Waals surface area contributed by atoms with E-state index in [0.29, 0.717) is 0 Å². The van der Waals surface area contributed by atoms with Crippen LogP contribution < -0.4 is 5.32 Å². The number of rotatable bonds is 2. The average molecular weight is 279 g/mol. The minimum atomic E-state index is 0.149. The van der Waals surface area contributed by atoms with E-state index in [4.69, 9.17) is 0 Å². The Morgan fingerprint density at radius 3 is 2.57 bits per heavy atom. The predicted molar refractivity (Wildman–Crippen MR) is 87.3 cm³/mol. The van der Waals surface area contributed by atoms with Gasteiger partial charge in [0.25, 0.3) is 0 Å². The van der Waals surface area contributed by atoms with Crippen molar-refractivity contribution in [3.63, 3.8) is 0 Å². The number of carbonyl (C=O) groups excluding carboxylic acids is 1. The summed E-state index contributed by atoms with van der Waals surface area (Å²) < 4.78 is 0. The SMILES string of the molecule is Cc1cc(C)c(C(=O)c2cccc3c2CCCN3)cc1C. The molecule has 1 aliphatic rings. The molecule has 1 aliphatic heterocycles. The van der Waals surface area contributed by atoms with Crippen molar-refractivity contribution in [1.29, 1.82) is 0 Å². The van der Waals surface area contributed by atoms with Crippen LogP contribution in [0.2, 0.25) is 0 Å². The molecule has 0 bridgehead atoms. The van der Waals surface area contributed by atoms with Gasteiger partial charge in [-0.05, 0) is 68.0 Å². The van der Waals surface area contributed by atoms with E-state index in [1.54, 1.807) is 0 Å². The summed E-state index contributed by atoms with van der Waals surface area (Å²) >= 11 is 0. The zero-order valence-electron chi connectivity index (χ0n) is 12.9. The molecule has 108 valence electrons. The first-order valence-corrected chi connectivity index (χ1v) is 7.56.